The van der Waals surface area contributed by atoms with Crippen LogP contribution < -0.4 is 0 Å². The summed E-state index contributed by atoms with van der Waals surface area (Å²) in [5, 5.41) is 24.4. The quantitative estimate of drug-likeness (QED) is 0.579. The number of hydrogen-bond donors (Lipinski definition) is 2. The van der Waals surface area contributed by atoms with E-state index in [1.165, 1.54) is 17.4 Å². The number of aromatic nitrogens is 1. The zero-order valence-electron chi connectivity index (χ0n) is 21.4. The third-order valence-electron chi connectivity index (χ3n) is 6.57. The lowest BCUT2D eigenvalue weighted by Crippen LogP contribution is -2.47. The summed E-state index contributed by atoms with van der Waals surface area (Å²) in [6.45, 7) is 10.1. The van der Waals surface area contributed by atoms with Crippen LogP contribution >= 0.6 is 11.3 Å². The van der Waals surface area contributed by atoms with Gasteiger partial charge in [-0.15, -0.1) is 11.3 Å². The Balaban J connectivity index is 2.35. The molecule has 0 aromatic carbocycles. The molecule has 0 radical (unpaired) electrons. The lowest BCUT2D eigenvalue weighted by Gasteiger charge is -2.35. The highest BCUT2D eigenvalue weighted by Gasteiger charge is 2.43. The van der Waals surface area contributed by atoms with Gasteiger partial charge in [0, 0.05) is 23.6 Å². The monoisotopic (exact) mass is 511 g/mol. The molecule has 0 aliphatic carbocycles. The molecular formula is C26H38FNO6S. The van der Waals surface area contributed by atoms with Crippen molar-refractivity contribution in [2.24, 2.45) is 17.3 Å². The van der Waals surface area contributed by atoms with E-state index in [2.05, 4.69) is 4.98 Å². The van der Waals surface area contributed by atoms with E-state index in [1.54, 1.807) is 40.7 Å². The van der Waals surface area contributed by atoms with Crippen molar-refractivity contribution in [1.29, 1.82) is 0 Å². The first-order valence-electron chi connectivity index (χ1n) is 12.0. The number of ketones is 1. The lowest BCUT2D eigenvalue weighted by molar-refractivity contribution is -0.154. The largest absolute Gasteiger partial charge is 0.457 e. The zero-order chi connectivity index (χ0) is 26.3. The van der Waals surface area contributed by atoms with Gasteiger partial charge in [0.2, 0.25) is 0 Å². The van der Waals surface area contributed by atoms with Crippen LogP contribution in [0.4, 0.5) is 4.39 Å². The van der Waals surface area contributed by atoms with Crippen LogP contribution in [0.25, 0.3) is 6.08 Å². The summed E-state index contributed by atoms with van der Waals surface area (Å²) < 4.78 is 25.5. The average Bonchev–Trinajstić information content (AvgIpc) is 3.20. The molecule has 1 aromatic heterocycles. The molecule has 2 heterocycles. The Morgan fingerprint density at radius 2 is 2.03 bits per heavy atom. The van der Waals surface area contributed by atoms with Gasteiger partial charge >= 0.3 is 5.97 Å². The fourth-order valence-corrected chi connectivity index (χ4v) is 4.64. The number of aryl methyl sites for hydroxylation is 1. The van der Waals surface area contributed by atoms with Crippen LogP contribution in [-0.2, 0) is 19.1 Å². The number of carbonyl (C=O) groups excluding carboxylic acids is 2. The number of aliphatic hydroxyl groups excluding tert-OH is 2. The van der Waals surface area contributed by atoms with Gasteiger partial charge in [-0.25, -0.2) is 9.37 Å². The molecule has 2 rings (SSSR count). The summed E-state index contributed by atoms with van der Waals surface area (Å²) in [6.07, 6.45) is -0.0242. The molecule has 0 amide bonds. The summed E-state index contributed by atoms with van der Waals surface area (Å²) in [7, 11) is 0. The molecule has 1 aromatic rings. The minimum absolute atomic E-state index is 0.0652. The van der Waals surface area contributed by atoms with E-state index in [-0.39, 0.29) is 25.4 Å². The number of esters is 1. The Morgan fingerprint density at radius 3 is 2.63 bits per heavy atom. The Labute approximate surface area is 211 Å². The molecule has 0 saturated heterocycles. The highest BCUT2D eigenvalue weighted by Crippen LogP contribution is 2.33. The third kappa shape index (κ3) is 8.03. The summed E-state index contributed by atoms with van der Waals surface area (Å²) in [4.78, 5) is 30.5. The van der Waals surface area contributed by atoms with E-state index in [4.69, 9.17) is 9.47 Å². The van der Waals surface area contributed by atoms with Gasteiger partial charge in [0.05, 0.1) is 48.0 Å². The number of nitrogens with zero attached hydrogens (tertiary/aromatic N) is 1. The van der Waals surface area contributed by atoms with Gasteiger partial charge in [0.15, 0.2) is 0 Å². The molecule has 0 fully saturated rings. The highest BCUT2D eigenvalue weighted by atomic mass is 32.1. The molecule has 5 atom stereocenters. The number of halogens is 1. The Bertz CT molecular complexity index is 940. The third-order valence-corrected chi connectivity index (χ3v) is 7.36. The first kappa shape index (κ1) is 29.3. The smallest absolute Gasteiger partial charge is 0.309 e. The number of thiazole rings is 1. The topological polar surface area (TPSA) is 106 Å². The predicted octanol–water partition coefficient (Wildman–Crippen LogP) is 4.41. The van der Waals surface area contributed by atoms with E-state index >= 15 is 0 Å². The number of carbonyl (C=O) groups is 2. The fraction of sp³-hybridized carbons (Fsp3) is 0.654. The molecule has 35 heavy (non-hydrogen) atoms. The maximum atomic E-state index is 14.5. The second-order valence-corrected chi connectivity index (χ2v) is 10.9. The number of rotatable bonds is 3. The summed E-state index contributed by atoms with van der Waals surface area (Å²) in [6, 6.07) is 0. The second-order valence-electron chi connectivity index (χ2n) is 9.85. The molecule has 0 spiro atoms. The van der Waals surface area contributed by atoms with E-state index in [1.807, 2.05) is 12.3 Å². The van der Waals surface area contributed by atoms with Crippen molar-refractivity contribution in [3.8, 4) is 0 Å². The van der Waals surface area contributed by atoms with Crippen molar-refractivity contribution in [2.45, 2.75) is 79.1 Å². The molecule has 0 unspecified atom stereocenters. The molecular weight excluding hydrogens is 473 g/mol. The average molecular weight is 512 g/mol. The van der Waals surface area contributed by atoms with Crippen LogP contribution in [0, 0.1) is 24.2 Å². The molecule has 1 aliphatic rings. The van der Waals surface area contributed by atoms with Crippen LogP contribution in [0.15, 0.2) is 22.9 Å². The van der Waals surface area contributed by atoms with Crippen molar-refractivity contribution in [2.75, 3.05) is 13.2 Å². The van der Waals surface area contributed by atoms with Crippen LogP contribution in [0.1, 0.15) is 64.6 Å². The van der Waals surface area contributed by atoms with Gasteiger partial charge in [0.1, 0.15) is 17.7 Å². The van der Waals surface area contributed by atoms with Crippen LogP contribution in [-0.4, -0.2) is 58.5 Å². The van der Waals surface area contributed by atoms with E-state index in [9.17, 15) is 24.2 Å². The standard InChI is InChI=1S/C26H38FNO6S/c1-7-20-24(31)16(3)12-33-13-18(27)8-9-21(15(2)10-19-14-35-17(4)28-19)34-23(30)11-22(29)26(5,6)25(20)32/h8,10,14,16,20-22,24,29,31H,7,9,11-13H2,1-6H3/b15-10+,18-8+/t16-,20+,21-,22-,24-/m0/s1. The van der Waals surface area contributed by atoms with Gasteiger partial charge < -0.3 is 19.7 Å². The number of cyclic esters (lactones) is 1. The fourth-order valence-electron chi connectivity index (χ4n) is 4.07. The zero-order valence-corrected chi connectivity index (χ0v) is 22.2. The summed E-state index contributed by atoms with van der Waals surface area (Å²) >= 11 is 1.49. The van der Waals surface area contributed by atoms with E-state index < -0.39 is 53.8 Å². The highest BCUT2D eigenvalue weighted by molar-refractivity contribution is 7.09. The number of hydrogen-bond acceptors (Lipinski definition) is 8. The lowest BCUT2D eigenvalue weighted by atomic mass is 9.72. The first-order chi connectivity index (χ1) is 16.4. The van der Waals surface area contributed by atoms with Gasteiger partial charge in [-0.1, -0.05) is 27.7 Å². The Hall–Kier alpha value is -1.94. The predicted molar refractivity (Wildman–Crippen MR) is 133 cm³/mol. The maximum Gasteiger partial charge on any atom is 0.309 e. The molecule has 0 bridgehead atoms. The molecule has 196 valence electrons. The molecule has 0 saturated carbocycles. The SMILES string of the molecule is CC[C@H]1C(=O)C(C)(C)[C@@H](O)CC(=O)O[C@H](/C(C)=C/c2csc(C)n2)C/C=C(/F)COC[C@H](C)[C@@H]1O. The van der Waals surface area contributed by atoms with Crippen molar-refractivity contribution in [3.05, 3.63) is 33.6 Å². The van der Waals surface area contributed by atoms with Crippen LogP contribution in [0.2, 0.25) is 0 Å². The summed E-state index contributed by atoms with van der Waals surface area (Å²) in [5.41, 5.74) is 0.0938. The second kappa shape index (κ2) is 12.9. The van der Waals surface area contributed by atoms with Crippen molar-refractivity contribution < 1.29 is 33.7 Å². The van der Waals surface area contributed by atoms with E-state index in [0.29, 0.717) is 17.7 Å². The van der Waals surface area contributed by atoms with Crippen molar-refractivity contribution in [1.82, 2.24) is 4.98 Å². The summed E-state index contributed by atoms with van der Waals surface area (Å²) in [5.74, 6) is -2.76. The first-order valence-corrected chi connectivity index (χ1v) is 12.9. The Morgan fingerprint density at radius 1 is 1.34 bits per heavy atom. The normalized spacial score (nSPS) is 31.5. The molecule has 7 nitrogen and oxygen atoms in total. The van der Waals surface area contributed by atoms with Gasteiger partial charge in [0.25, 0.3) is 0 Å². The Kier molecular flexibility index (Phi) is 10.8. The van der Waals surface area contributed by atoms with Gasteiger partial charge in [-0.3, -0.25) is 9.59 Å². The van der Waals surface area contributed by atoms with E-state index in [0.717, 1.165) is 5.01 Å². The van der Waals surface area contributed by atoms with Crippen LogP contribution in [0.5, 0.6) is 0 Å². The minimum Gasteiger partial charge on any atom is -0.457 e. The maximum absolute atomic E-state index is 14.5. The number of ether oxygens (including phenoxy) is 2. The molecule has 2 N–H and O–H groups in total. The number of aliphatic hydroxyl groups is 2. The molecule has 9 heteroatoms. The van der Waals surface area contributed by atoms with Crippen LogP contribution in [0.3, 0.4) is 0 Å². The number of Topliss-reactive ketones (excluding diaryl/α,β-unsaturated/α-hetero) is 1. The minimum atomic E-state index is -1.32. The van der Waals surface area contributed by atoms with Crippen molar-refractivity contribution in [3.63, 3.8) is 0 Å². The van der Waals surface area contributed by atoms with Gasteiger partial charge in [-0.05, 0) is 38.0 Å². The van der Waals surface area contributed by atoms with Gasteiger partial charge in [-0.2, -0.15) is 0 Å². The van der Waals surface area contributed by atoms with Crippen molar-refractivity contribution >= 4 is 29.2 Å². The molecule has 1 aliphatic heterocycles.